The van der Waals surface area contributed by atoms with E-state index in [0.29, 0.717) is 5.69 Å². The van der Waals surface area contributed by atoms with Crippen molar-refractivity contribution in [2.45, 2.75) is 19.9 Å². The van der Waals surface area contributed by atoms with Crippen molar-refractivity contribution in [1.29, 1.82) is 0 Å². The second-order valence-electron chi connectivity index (χ2n) is 5.50. The summed E-state index contributed by atoms with van der Waals surface area (Å²) in [7, 11) is -1.92. The van der Waals surface area contributed by atoms with E-state index in [1.54, 1.807) is 7.05 Å². The summed E-state index contributed by atoms with van der Waals surface area (Å²) in [5.41, 5.74) is 1.71. The molecule has 7 heteroatoms. The van der Waals surface area contributed by atoms with Gasteiger partial charge in [-0.1, -0.05) is 0 Å². The fourth-order valence-electron chi connectivity index (χ4n) is 2.16. The van der Waals surface area contributed by atoms with Crippen LogP contribution in [0.25, 0.3) is 0 Å². The molecule has 0 spiro atoms. The molecule has 1 saturated heterocycles. The van der Waals surface area contributed by atoms with Crippen LogP contribution >= 0.6 is 0 Å². The van der Waals surface area contributed by atoms with Crippen molar-refractivity contribution >= 4 is 21.6 Å². The number of anilines is 2. The molecule has 1 aliphatic heterocycles. The van der Waals surface area contributed by atoms with Crippen LogP contribution in [0.3, 0.4) is 0 Å². The van der Waals surface area contributed by atoms with Gasteiger partial charge in [0.1, 0.15) is 0 Å². The number of rotatable bonds is 5. The zero-order valence-corrected chi connectivity index (χ0v) is 13.7. The molecule has 0 unspecified atom stereocenters. The molecule has 1 heterocycles. The summed E-state index contributed by atoms with van der Waals surface area (Å²) >= 11 is 0. The molecule has 1 aromatic rings. The van der Waals surface area contributed by atoms with E-state index in [1.807, 2.05) is 38.1 Å². The Hall–Kier alpha value is -1.31. The molecule has 1 aliphatic rings. The zero-order valence-electron chi connectivity index (χ0n) is 12.8. The van der Waals surface area contributed by atoms with Gasteiger partial charge in [-0.05, 0) is 38.1 Å². The molecule has 2 N–H and O–H groups in total. The molecule has 0 amide bonds. The molecule has 21 heavy (non-hydrogen) atoms. The molecule has 118 valence electrons. The van der Waals surface area contributed by atoms with Gasteiger partial charge in [-0.25, -0.2) is 0 Å². The summed E-state index contributed by atoms with van der Waals surface area (Å²) in [6, 6.07) is 7.45. The molecule has 1 fully saturated rings. The van der Waals surface area contributed by atoms with Crippen LogP contribution in [-0.4, -0.2) is 52.0 Å². The molecule has 0 atom stereocenters. The van der Waals surface area contributed by atoms with Gasteiger partial charge in [0.15, 0.2) is 0 Å². The average molecular weight is 312 g/mol. The number of piperazine rings is 1. The molecule has 0 saturated carbocycles. The third kappa shape index (κ3) is 4.09. The number of hydrogen-bond acceptors (Lipinski definition) is 4. The Balaban J connectivity index is 2.05. The summed E-state index contributed by atoms with van der Waals surface area (Å²) in [6.45, 7) is 7.59. The van der Waals surface area contributed by atoms with Gasteiger partial charge >= 0.3 is 10.2 Å². The van der Waals surface area contributed by atoms with Gasteiger partial charge in [0, 0.05) is 50.6 Å². The topological polar surface area (TPSA) is 64.7 Å². The van der Waals surface area contributed by atoms with E-state index in [-0.39, 0.29) is 6.04 Å². The number of nitrogens with zero attached hydrogens (tertiary/aromatic N) is 2. The summed E-state index contributed by atoms with van der Waals surface area (Å²) < 4.78 is 28.2. The van der Waals surface area contributed by atoms with Crippen molar-refractivity contribution in [2.75, 3.05) is 42.8 Å². The summed E-state index contributed by atoms with van der Waals surface area (Å²) in [5, 5.41) is 3.31. The Morgan fingerprint density at radius 3 is 2.29 bits per heavy atom. The quantitative estimate of drug-likeness (QED) is 0.854. The Bertz CT molecular complexity index is 551. The fourth-order valence-corrected chi connectivity index (χ4v) is 3.29. The van der Waals surface area contributed by atoms with Gasteiger partial charge in [-0.15, -0.1) is 0 Å². The average Bonchev–Trinajstić information content (AvgIpc) is 2.47. The predicted octanol–water partition coefficient (Wildman–Crippen LogP) is 1.09. The Morgan fingerprint density at radius 2 is 1.76 bits per heavy atom. The van der Waals surface area contributed by atoms with Crippen LogP contribution in [-0.2, 0) is 10.2 Å². The van der Waals surface area contributed by atoms with E-state index in [2.05, 4.69) is 14.9 Å². The molecule has 0 bridgehead atoms. The Kier molecular flexibility index (Phi) is 5.08. The molecule has 6 nitrogen and oxygen atoms in total. The molecule has 2 rings (SSSR count). The number of benzene rings is 1. The first-order valence-corrected chi connectivity index (χ1v) is 8.65. The maximum Gasteiger partial charge on any atom is 0.301 e. The SMILES string of the molecule is CC(C)N(C)S(=O)(=O)Nc1ccc(N2CCNCC2)cc1. The van der Waals surface area contributed by atoms with Crippen molar-refractivity contribution < 1.29 is 8.42 Å². The lowest BCUT2D eigenvalue weighted by Gasteiger charge is -2.29. The van der Waals surface area contributed by atoms with Crippen LogP contribution in [0.4, 0.5) is 11.4 Å². The highest BCUT2D eigenvalue weighted by molar-refractivity contribution is 7.90. The molecule has 0 radical (unpaired) electrons. The number of nitrogens with one attached hydrogen (secondary N) is 2. The van der Waals surface area contributed by atoms with E-state index in [4.69, 9.17) is 0 Å². The molecule has 0 aliphatic carbocycles. The minimum atomic E-state index is -3.49. The van der Waals surface area contributed by atoms with Gasteiger partial charge in [-0.2, -0.15) is 12.7 Å². The third-order valence-electron chi connectivity index (χ3n) is 3.70. The normalized spacial score (nSPS) is 16.5. The van der Waals surface area contributed by atoms with Gasteiger partial charge in [0.05, 0.1) is 0 Å². The molecule has 1 aromatic carbocycles. The lowest BCUT2D eigenvalue weighted by atomic mass is 10.2. The highest BCUT2D eigenvalue weighted by Crippen LogP contribution is 2.19. The van der Waals surface area contributed by atoms with Crippen LogP contribution in [0.5, 0.6) is 0 Å². The van der Waals surface area contributed by atoms with E-state index < -0.39 is 10.2 Å². The van der Waals surface area contributed by atoms with Crippen LogP contribution in [0.15, 0.2) is 24.3 Å². The van der Waals surface area contributed by atoms with E-state index in [9.17, 15) is 8.42 Å². The van der Waals surface area contributed by atoms with Crippen LogP contribution < -0.4 is 14.9 Å². The summed E-state index contributed by atoms with van der Waals surface area (Å²) in [6.07, 6.45) is 0. The van der Waals surface area contributed by atoms with Crippen LogP contribution in [0.2, 0.25) is 0 Å². The second-order valence-corrected chi connectivity index (χ2v) is 7.23. The summed E-state index contributed by atoms with van der Waals surface area (Å²) in [5.74, 6) is 0. The molecular formula is C14H24N4O2S. The third-order valence-corrected chi connectivity index (χ3v) is 5.38. The van der Waals surface area contributed by atoms with E-state index in [1.165, 1.54) is 4.31 Å². The first kappa shape index (κ1) is 16.1. The minimum Gasteiger partial charge on any atom is -0.369 e. The van der Waals surface area contributed by atoms with Crippen molar-refractivity contribution in [2.24, 2.45) is 0 Å². The first-order chi connectivity index (χ1) is 9.90. The smallest absolute Gasteiger partial charge is 0.301 e. The van der Waals surface area contributed by atoms with Crippen LogP contribution in [0, 0.1) is 0 Å². The zero-order chi connectivity index (χ0) is 15.5. The van der Waals surface area contributed by atoms with Crippen molar-refractivity contribution in [3.05, 3.63) is 24.3 Å². The lowest BCUT2D eigenvalue weighted by Crippen LogP contribution is -2.43. The standard InChI is InChI=1S/C14H24N4O2S/c1-12(2)17(3)21(19,20)16-13-4-6-14(7-5-13)18-10-8-15-9-11-18/h4-7,12,15-16H,8-11H2,1-3H3. The maximum atomic E-state index is 12.1. The second kappa shape index (κ2) is 6.64. The molecular weight excluding hydrogens is 288 g/mol. The van der Waals surface area contributed by atoms with Gasteiger partial charge in [0.2, 0.25) is 0 Å². The minimum absolute atomic E-state index is 0.0809. The van der Waals surface area contributed by atoms with Crippen molar-refractivity contribution in [3.8, 4) is 0 Å². The fraction of sp³-hybridized carbons (Fsp3) is 0.571. The first-order valence-electron chi connectivity index (χ1n) is 7.21. The Morgan fingerprint density at radius 1 is 1.19 bits per heavy atom. The lowest BCUT2D eigenvalue weighted by molar-refractivity contribution is 0.414. The van der Waals surface area contributed by atoms with Gasteiger partial charge < -0.3 is 10.2 Å². The largest absolute Gasteiger partial charge is 0.369 e. The summed E-state index contributed by atoms with van der Waals surface area (Å²) in [4.78, 5) is 2.29. The van der Waals surface area contributed by atoms with Gasteiger partial charge in [0.25, 0.3) is 0 Å². The van der Waals surface area contributed by atoms with E-state index in [0.717, 1.165) is 31.9 Å². The van der Waals surface area contributed by atoms with Crippen LogP contribution in [0.1, 0.15) is 13.8 Å². The highest BCUT2D eigenvalue weighted by atomic mass is 32.2. The Labute approximate surface area is 127 Å². The molecule has 0 aromatic heterocycles. The van der Waals surface area contributed by atoms with E-state index >= 15 is 0 Å². The van der Waals surface area contributed by atoms with Gasteiger partial charge in [-0.3, -0.25) is 4.72 Å². The predicted molar refractivity (Wildman–Crippen MR) is 87.0 cm³/mol. The van der Waals surface area contributed by atoms with Crippen molar-refractivity contribution in [1.82, 2.24) is 9.62 Å². The van der Waals surface area contributed by atoms with Crippen molar-refractivity contribution in [3.63, 3.8) is 0 Å². The maximum absolute atomic E-state index is 12.1. The highest BCUT2D eigenvalue weighted by Gasteiger charge is 2.20. The number of hydrogen-bond donors (Lipinski definition) is 2. The monoisotopic (exact) mass is 312 g/mol.